The van der Waals surface area contributed by atoms with Gasteiger partial charge in [0.15, 0.2) is 0 Å². The van der Waals surface area contributed by atoms with Crippen LogP contribution in [0.2, 0.25) is 0 Å². The van der Waals surface area contributed by atoms with Gasteiger partial charge in [0.25, 0.3) is 0 Å². The van der Waals surface area contributed by atoms with E-state index in [2.05, 4.69) is 181 Å². The van der Waals surface area contributed by atoms with Gasteiger partial charge in [0, 0.05) is 56.7 Å². The van der Waals surface area contributed by atoms with Crippen LogP contribution in [0.3, 0.4) is 0 Å². The molecule has 2 atom stereocenters. The van der Waals surface area contributed by atoms with Gasteiger partial charge in [-0.15, -0.1) is 0 Å². The van der Waals surface area contributed by atoms with Gasteiger partial charge in [0.2, 0.25) is 0 Å². The Kier molecular flexibility index (Phi) is 7.44. The Bertz CT molecular complexity index is 2910. The second-order valence-electron chi connectivity index (χ2n) is 14.7. The first-order valence-electron chi connectivity index (χ1n) is 19.2. The lowest BCUT2D eigenvalue weighted by molar-refractivity contribution is 0.496. The molecule has 0 aliphatic heterocycles. The normalized spacial score (nSPS) is 17.3. The smallest absolute Gasteiger partial charge is 0.137 e. The van der Waals surface area contributed by atoms with E-state index in [1.54, 1.807) is 0 Å². The summed E-state index contributed by atoms with van der Waals surface area (Å²) in [6.45, 7) is 0. The van der Waals surface area contributed by atoms with Crippen molar-refractivity contribution in [3.05, 3.63) is 205 Å². The number of para-hydroxylation sites is 1. The molecule has 3 aliphatic carbocycles. The van der Waals surface area contributed by atoms with Gasteiger partial charge in [-0.2, -0.15) is 0 Å². The molecular formula is C52H37NO2. The highest BCUT2D eigenvalue weighted by molar-refractivity contribution is 6.06. The third-order valence-corrected chi connectivity index (χ3v) is 11.5. The van der Waals surface area contributed by atoms with E-state index >= 15 is 0 Å². The lowest BCUT2D eigenvalue weighted by Gasteiger charge is -2.30. The predicted molar refractivity (Wildman–Crippen MR) is 228 cm³/mol. The number of benzene rings is 6. The number of furan rings is 2. The van der Waals surface area contributed by atoms with Crippen LogP contribution >= 0.6 is 0 Å². The molecule has 3 heteroatoms. The van der Waals surface area contributed by atoms with E-state index in [9.17, 15) is 0 Å². The van der Waals surface area contributed by atoms with Gasteiger partial charge < -0.3 is 13.7 Å². The average molecular weight is 708 g/mol. The Morgan fingerprint density at radius 1 is 0.491 bits per heavy atom. The molecule has 0 saturated carbocycles. The zero-order valence-corrected chi connectivity index (χ0v) is 30.2. The molecule has 2 heterocycles. The minimum absolute atomic E-state index is 0.150. The van der Waals surface area contributed by atoms with E-state index in [1.807, 2.05) is 12.1 Å². The monoisotopic (exact) mass is 707 g/mol. The number of fused-ring (bicyclic) bond motifs is 8. The summed E-state index contributed by atoms with van der Waals surface area (Å²) in [4.78, 5) is 2.33. The SMILES string of the molecule is C1=CC2C(c3ccc(-c4ccccc4)cc3)=Cc3c(oc4cc(-c5ccc(N(C6=CCCC=C6)c6ccc7c(c6)oc6ccccc67)cc5)ccc34)C2C=C1. The lowest BCUT2D eigenvalue weighted by atomic mass is 9.73. The third-order valence-electron chi connectivity index (χ3n) is 11.5. The lowest BCUT2D eigenvalue weighted by Crippen LogP contribution is -2.16. The summed E-state index contributed by atoms with van der Waals surface area (Å²) < 4.78 is 13.1. The molecule has 0 saturated heterocycles. The zero-order valence-electron chi connectivity index (χ0n) is 30.2. The van der Waals surface area contributed by atoms with Crippen molar-refractivity contribution in [1.82, 2.24) is 0 Å². The molecule has 55 heavy (non-hydrogen) atoms. The van der Waals surface area contributed by atoms with Crippen molar-refractivity contribution in [3.8, 4) is 22.3 Å². The fourth-order valence-electron chi connectivity index (χ4n) is 8.75. The quantitative estimate of drug-likeness (QED) is 0.172. The minimum Gasteiger partial charge on any atom is -0.460 e. The summed E-state index contributed by atoms with van der Waals surface area (Å²) in [5.74, 6) is 1.41. The minimum atomic E-state index is 0.150. The van der Waals surface area contributed by atoms with Gasteiger partial charge in [0.1, 0.15) is 22.5 Å². The number of allylic oxidation sites excluding steroid dienone is 8. The Balaban J connectivity index is 0.938. The Hall–Kier alpha value is -6.84. The van der Waals surface area contributed by atoms with Crippen LogP contribution in [0.15, 0.2) is 197 Å². The molecule has 2 unspecified atom stereocenters. The molecule has 0 radical (unpaired) electrons. The van der Waals surface area contributed by atoms with Crippen LogP contribution < -0.4 is 4.90 Å². The Morgan fingerprint density at radius 2 is 1.15 bits per heavy atom. The van der Waals surface area contributed by atoms with Crippen molar-refractivity contribution in [2.75, 3.05) is 4.90 Å². The molecule has 262 valence electrons. The van der Waals surface area contributed by atoms with Crippen LogP contribution in [0, 0.1) is 5.92 Å². The summed E-state index contributed by atoms with van der Waals surface area (Å²) in [5.41, 5.74) is 14.6. The average Bonchev–Trinajstić information content (AvgIpc) is 3.82. The summed E-state index contributed by atoms with van der Waals surface area (Å²) in [5, 5.41) is 3.43. The number of rotatable bonds is 6. The van der Waals surface area contributed by atoms with Crippen LogP contribution in [-0.2, 0) is 0 Å². The van der Waals surface area contributed by atoms with E-state index in [-0.39, 0.29) is 11.8 Å². The highest BCUT2D eigenvalue weighted by Crippen LogP contribution is 2.49. The van der Waals surface area contributed by atoms with E-state index in [0.717, 1.165) is 74.0 Å². The summed E-state index contributed by atoms with van der Waals surface area (Å²) in [6, 6.07) is 50.0. The first kappa shape index (κ1) is 31.7. The summed E-state index contributed by atoms with van der Waals surface area (Å²) in [7, 11) is 0. The van der Waals surface area contributed by atoms with Crippen molar-refractivity contribution in [3.63, 3.8) is 0 Å². The maximum atomic E-state index is 6.78. The van der Waals surface area contributed by atoms with Crippen LogP contribution in [0.4, 0.5) is 11.4 Å². The largest absolute Gasteiger partial charge is 0.460 e. The van der Waals surface area contributed by atoms with Gasteiger partial charge in [-0.05, 0) is 101 Å². The molecule has 3 aliphatic rings. The number of anilines is 2. The van der Waals surface area contributed by atoms with Crippen LogP contribution in [0.5, 0.6) is 0 Å². The predicted octanol–water partition coefficient (Wildman–Crippen LogP) is 14.4. The van der Waals surface area contributed by atoms with E-state index in [0.29, 0.717) is 0 Å². The standard InChI is InChI=1S/C52H37NO2/c1-3-11-34(12-4-1)35-19-21-37(22-20-35)47-33-48-45-29-25-38(31-50(45)55-52(48)46-17-8-7-15-42(46)47)36-23-26-40(27-24-36)53(39-13-5-2-6-14-39)41-28-30-44-43-16-9-10-18-49(43)54-51(44)32-41/h1,3-5,7-33,42,46H,2,6H2. The number of hydrogen-bond acceptors (Lipinski definition) is 3. The van der Waals surface area contributed by atoms with Crippen molar-refractivity contribution in [2.45, 2.75) is 18.8 Å². The van der Waals surface area contributed by atoms with Crippen molar-refractivity contribution in [2.24, 2.45) is 5.92 Å². The Labute approximate surface area is 320 Å². The van der Waals surface area contributed by atoms with Gasteiger partial charge in [-0.1, -0.05) is 127 Å². The molecule has 0 fully saturated rings. The molecule has 2 aromatic heterocycles. The van der Waals surface area contributed by atoms with E-state index in [1.165, 1.54) is 33.5 Å². The van der Waals surface area contributed by atoms with Crippen LogP contribution in [-0.4, -0.2) is 0 Å². The zero-order chi connectivity index (χ0) is 36.3. The van der Waals surface area contributed by atoms with Gasteiger partial charge >= 0.3 is 0 Å². The highest BCUT2D eigenvalue weighted by atomic mass is 16.3. The molecule has 0 amide bonds. The van der Waals surface area contributed by atoms with Gasteiger partial charge in [-0.25, -0.2) is 0 Å². The molecule has 0 spiro atoms. The van der Waals surface area contributed by atoms with E-state index < -0.39 is 0 Å². The summed E-state index contributed by atoms with van der Waals surface area (Å²) in [6.07, 6.45) is 20.2. The molecule has 6 aromatic carbocycles. The number of hydrogen-bond donors (Lipinski definition) is 0. The first-order chi connectivity index (χ1) is 27.2. The second-order valence-corrected chi connectivity index (χ2v) is 14.7. The van der Waals surface area contributed by atoms with Gasteiger partial charge in [-0.3, -0.25) is 0 Å². The maximum absolute atomic E-state index is 6.78. The van der Waals surface area contributed by atoms with Gasteiger partial charge in [0.05, 0.1) is 0 Å². The molecule has 3 nitrogen and oxygen atoms in total. The molecule has 0 bridgehead atoms. The van der Waals surface area contributed by atoms with Crippen LogP contribution in [0.25, 0.3) is 66.8 Å². The fraction of sp³-hybridized carbons (Fsp3) is 0.0769. The van der Waals surface area contributed by atoms with Crippen molar-refractivity contribution >= 4 is 55.9 Å². The van der Waals surface area contributed by atoms with Crippen molar-refractivity contribution in [1.29, 1.82) is 0 Å². The van der Waals surface area contributed by atoms with Crippen LogP contribution in [0.1, 0.15) is 35.6 Å². The Morgan fingerprint density at radius 3 is 1.98 bits per heavy atom. The molecule has 8 aromatic rings. The second kappa shape index (κ2) is 12.9. The highest BCUT2D eigenvalue weighted by Gasteiger charge is 2.34. The van der Waals surface area contributed by atoms with Crippen molar-refractivity contribution < 1.29 is 8.83 Å². The molecule has 0 N–H and O–H groups in total. The first-order valence-corrected chi connectivity index (χ1v) is 19.2. The number of nitrogens with zero attached hydrogens (tertiary/aromatic N) is 1. The fourth-order valence-corrected chi connectivity index (χ4v) is 8.75. The summed E-state index contributed by atoms with van der Waals surface area (Å²) >= 11 is 0. The topological polar surface area (TPSA) is 29.5 Å². The third kappa shape index (κ3) is 5.42. The molecular weight excluding hydrogens is 671 g/mol. The molecule has 11 rings (SSSR count). The van der Waals surface area contributed by atoms with E-state index in [4.69, 9.17) is 8.83 Å². The maximum Gasteiger partial charge on any atom is 0.137 e.